The Morgan fingerprint density at radius 1 is 0.542 bits per heavy atom. The van der Waals surface area contributed by atoms with Crippen LogP contribution in [0.5, 0.6) is 40.2 Å². The van der Waals surface area contributed by atoms with E-state index in [1.165, 1.54) is 76.0 Å². The van der Waals surface area contributed by atoms with Crippen LogP contribution in [0.2, 0.25) is 0 Å². The SMILES string of the molecule is COc1ccc(C=CC(=O)Oc2cc(-c3cc(=O)c4c(O)cc(OC(=O)C=Cc5ccc(C=O)cc5)cc4o3)ccc2OC(=O)C=Cc2ccc(OC)c(OC)c2)cc1. The molecule has 0 atom stereocenters. The van der Waals surface area contributed by atoms with E-state index in [0.717, 1.165) is 18.2 Å². The molecule has 13 heteroatoms. The first-order valence-electron chi connectivity index (χ1n) is 17.6. The van der Waals surface area contributed by atoms with Crippen molar-refractivity contribution in [1.82, 2.24) is 0 Å². The van der Waals surface area contributed by atoms with Crippen LogP contribution in [0.25, 0.3) is 40.5 Å². The zero-order valence-electron chi connectivity index (χ0n) is 31.7. The second kappa shape index (κ2) is 18.6. The number of aldehydes is 1. The summed E-state index contributed by atoms with van der Waals surface area (Å²) in [7, 11) is 4.53. The molecule has 6 rings (SSSR count). The summed E-state index contributed by atoms with van der Waals surface area (Å²) in [4.78, 5) is 62.9. The minimum atomic E-state index is -0.820. The van der Waals surface area contributed by atoms with Gasteiger partial charge in [0.25, 0.3) is 0 Å². The topological polar surface area (TPSA) is 174 Å². The summed E-state index contributed by atoms with van der Waals surface area (Å²) >= 11 is 0. The van der Waals surface area contributed by atoms with Gasteiger partial charge < -0.3 is 37.9 Å². The summed E-state index contributed by atoms with van der Waals surface area (Å²) < 4.78 is 38.3. The lowest BCUT2D eigenvalue weighted by molar-refractivity contribution is -0.131. The van der Waals surface area contributed by atoms with Crippen molar-refractivity contribution in [3.8, 4) is 51.6 Å². The fourth-order valence-corrected chi connectivity index (χ4v) is 5.56. The van der Waals surface area contributed by atoms with Crippen LogP contribution in [0, 0.1) is 0 Å². The van der Waals surface area contributed by atoms with E-state index in [4.69, 9.17) is 32.8 Å². The molecule has 1 N–H and O–H groups in total. The third-order valence-corrected chi connectivity index (χ3v) is 8.48. The molecule has 0 amide bonds. The molecule has 0 aliphatic carbocycles. The fraction of sp³-hybridized carbons (Fsp3) is 0.0652. The summed E-state index contributed by atoms with van der Waals surface area (Å²) in [6.45, 7) is 0. The van der Waals surface area contributed by atoms with E-state index in [0.29, 0.717) is 45.8 Å². The summed E-state index contributed by atoms with van der Waals surface area (Å²) in [5.74, 6) is -1.80. The molecule has 0 saturated carbocycles. The molecular weight excluding hydrogens is 760 g/mol. The van der Waals surface area contributed by atoms with Crippen LogP contribution in [-0.4, -0.2) is 50.6 Å². The van der Waals surface area contributed by atoms with Gasteiger partial charge in [0.1, 0.15) is 40.3 Å². The highest BCUT2D eigenvalue weighted by atomic mass is 16.6. The van der Waals surface area contributed by atoms with E-state index >= 15 is 0 Å². The predicted octanol–water partition coefficient (Wildman–Crippen LogP) is 7.86. The molecule has 13 nitrogen and oxygen atoms in total. The van der Waals surface area contributed by atoms with Gasteiger partial charge in [-0.3, -0.25) is 9.59 Å². The smallest absolute Gasteiger partial charge is 0.336 e. The number of methoxy groups -OCH3 is 3. The summed E-state index contributed by atoms with van der Waals surface area (Å²) in [5, 5.41) is 10.5. The number of ether oxygens (including phenoxy) is 6. The van der Waals surface area contributed by atoms with Crippen LogP contribution in [-0.2, 0) is 14.4 Å². The minimum absolute atomic E-state index is 0.0265. The van der Waals surface area contributed by atoms with E-state index < -0.39 is 29.1 Å². The van der Waals surface area contributed by atoms with E-state index in [2.05, 4.69) is 0 Å². The number of esters is 3. The highest BCUT2D eigenvalue weighted by Crippen LogP contribution is 2.36. The van der Waals surface area contributed by atoms with Gasteiger partial charge in [0.15, 0.2) is 28.4 Å². The average molecular weight is 795 g/mol. The maximum Gasteiger partial charge on any atom is 0.336 e. The van der Waals surface area contributed by atoms with Gasteiger partial charge in [0.2, 0.25) is 0 Å². The van der Waals surface area contributed by atoms with Crippen molar-refractivity contribution in [2.45, 2.75) is 0 Å². The van der Waals surface area contributed by atoms with Gasteiger partial charge in [0.05, 0.1) is 21.3 Å². The second-order valence-corrected chi connectivity index (χ2v) is 12.4. The number of benzene rings is 5. The Hall–Kier alpha value is -8.19. The van der Waals surface area contributed by atoms with Gasteiger partial charge in [-0.15, -0.1) is 0 Å². The number of phenolic OH excluding ortho intramolecular Hbond substituents is 1. The number of rotatable bonds is 14. The molecule has 5 aromatic carbocycles. The first-order chi connectivity index (χ1) is 28.5. The lowest BCUT2D eigenvalue weighted by Gasteiger charge is -2.12. The quantitative estimate of drug-likeness (QED) is 0.0489. The highest BCUT2D eigenvalue weighted by Gasteiger charge is 2.18. The summed E-state index contributed by atoms with van der Waals surface area (Å²) in [6, 6.07) is 26.1. The Kier molecular flexibility index (Phi) is 12.8. The van der Waals surface area contributed by atoms with Crippen molar-refractivity contribution >= 4 is 53.4 Å². The molecule has 0 aliphatic rings. The van der Waals surface area contributed by atoms with Gasteiger partial charge in [-0.25, -0.2) is 14.4 Å². The molecule has 1 aromatic heterocycles. The van der Waals surface area contributed by atoms with Gasteiger partial charge >= 0.3 is 17.9 Å². The zero-order chi connectivity index (χ0) is 41.9. The van der Waals surface area contributed by atoms with Crippen LogP contribution < -0.4 is 33.8 Å². The molecule has 0 unspecified atom stereocenters. The molecule has 0 spiro atoms. The van der Waals surface area contributed by atoms with Crippen molar-refractivity contribution in [3.05, 3.63) is 154 Å². The third kappa shape index (κ3) is 10.4. The van der Waals surface area contributed by atoms with Crippen LogP contribution in [0.1, 0.15) is 27.0 Å². The predicted molar refractivity (Wildman–Crippen MR) is 218 cm³/mol. The number of carbonyl (C=O) groups excluding carboxylic acids is 4. The maximum absolute atomic E-state index is 13.3. The lowest BCUT2D eigenvalue weighted by Crippen LogP contribution is -2.09. The molecular formula is C46H34O13. The fourth-order valence-electron chi connectivity index (χ4n) is 5.56. The van der Waals surface area contributed by atoms with Crippen LogP contribution in [0.15, 0.2) is 131 Å². The largest absolute Gasteiger partial charge is 0.507 e. The van der Waals surface area contributed by atoms with Crippen molar-refractivity contribution in [1.29, 1.82) is 0 Å². The van der Waals surface area contributed by atoms with E-state index in [1.54, 1.807) is 66.7 Å². The number of hydrogen-bond donors (Lipinski definition) is 1. The summed E-state index contributed by atoms with van der Waals surface area (Å²) in [5.41, 5.74) is 1.86. The molecule has 0 saturated heterocycles. The van der Waals surface area contributed by atoms with Crippen LogP contribution in [0.4, 0.5) is 0 Å². The molecule has 0 radical (unpaired) electrons. The number of carbonyl (C=O) groups is 4. The van der Waals surface area contributed by atoms with Gasteiger partial charge in [-0.2, -0.15) is 0 Å². The van der Waals surface area contributed by atoms with Crippen molar-refractivity contribution < 1.29 is 57.1 Å². The molecule has 6 aromatic rings. The Labute approximate surface area is 336 Å². The molecule has 1 heterocycles. The highest BCUT2D eigenvalue weighted by molar-refractivity contribution is 5.93. The van der Waals surface area contributed by atoms with Crippen molar-refractivity contribution in [2.24, 2.45) is 0 Å². The molecule has 0 aliphatic heterocycles. The normalized spacial score (nSPS) is 11.2. The molecule has 59 heavy (non-hydrogen) atoms. The second-order valence-electron chi connectivity index (χ2n) is 12.4. The molecule has 296 valence electrons. The minimum Gasteiger partial charge on any atom is -0.507 e. The Morgan fingerprint density at radius 3 is 1.73 bits per heavy atom. The van der Waals surface area contributed by atoms with E-state index in [9.17, 15) is 29.1 Å². The van der Waals surface area contributed by atoms with Gasteiger partial charge in [-0.05, 0) is 77.4 Å². The Bertz CT molecular complexity index is 2690. The monoisotopic (exact) mass is 794 g/mol. The van der Waals surface area contributed by atoms with Gasteiger partial charge in [-0.1, -0.05) is 42.5 Å². The molecule has 0 bridgehead atoms. The first-order valence-corrected chi connectivity index (χ1v) is 17.6. The van der Waals surface area contributed by atoms with Crippen molar-refractivity contribution in [2.75, 3.05) is 21.3 Å². The Balaban J connectivity index is 1.28. The number of hydrogen-bond acceptors (Lipinski definition) is 13. The lowest BCUT2D eigenvalue weighted by atomic mass is 10.1. The number of aromatic hydroxyl groups is 1. The van der Waals surface area contributed by atoms with E-state index in [1.807, 2.05) is 0 Å². The standard InChI is InChI=1S/C46H34O13/c1-53-33-15-8-29(9-16-33)12-20-45(52)59-41-23-32(14-18-38(41)58-44(51)21-13-30-10-17-37(54-2)40(22-30)55-3)39-26-36(49)46-35(48)24-34(25-42(46)57-39)56-43(50)19-11-28-4-6-31(27-47)7-5-28/h4-27,48H,1-3H3. The number of phenols is 1. The first kappa shape index (κ1) is 40.5. The van der Waals surface area contributed by atoms with E-state index in [-0.39, 0.29) is 39.5 Å². The maximum atomic E-state index is 13.3. The van der Waals surface area contributed by atoms with Crippen LogP contribution >= 0.6 is 0 Å². The molecule has 0 fully saturated rings. The van der Waals surface area contributed by atoms with Crippen molar-refractivity contribution in [3.63, 3.8) is 0 Å². The number of fused-ring (bicyclic) bond motifs is 1. The average Bonchev–Trinajstić information content (AvgIpc) is 3.24. The van der Waals surface area contributed by atoms with Gasteiger partial charge in [0, 0.05) is 47.6 Å². The van der Waals surface area contributed by atoms with Crippen LogP contribution in [0.3, 0.4) is 0 Å². The summed E-state index contributed by atoms with van der Waals surface area (Å²) in [6.07, 6.45) is 8.69. The third-order valence-electron chi connectivity index (χ3n) is 8.48. The Morgan fingerprint density at radius 2 is 1.10 bits per heavy atom. The zero-order valence-corrected chi connectivity index (χ0v) is 31.7.